The molecule has 14 heavy (non-hydrogen) atoms. The lowest BCUT2D eigenvalue weighted by Crippen LogP contribution is -1.81. The summed E-state index contributed by atoms with van der Waals surface area (Å²) in [5, 5.41) is 0. The Morgan fingerprint density at radius 3 is 2.93 bits per heavy atom. The fraction of sp³-hybridized carbons (Fsp3) is 0.250. The van der Waals surface area contributed by atoms with E-state index in [9.17, 15) is 0 Å². The van der Waals surface area contributed by atoms with Crippen LogP contribution in [0.2, 0.25) is 0 Å². The van der Waals surface area contributed by atoms with E-state index in [0.29, 0.717) is 0 Å². The van der Waals surface area contributed by atoms with Crippen molar-refractivity contribution in [2.45, 2.75) is 20.3 Å². The van der Waals surface area contributed by atoms with Gasteiger partial charge in [0.1, 0.15) is 5.82 Å². The molecule has 1 aromatic heterocycles. The highest BCUT2D eigenvalue weighted by atomic mass is 14.9. The third-order valence-corrected chi connectivity index (χ3v) is 2.27. The zero-order valence-electron chi connectivity index (χ0n) is 8.54. The Morgan fingerprint density at radius 2 is 2.21 bits per heavy atom. The molecule has 0 bridgehead atoms. The van der Waals surface area contributed by atoms with Gasteiger partial charge in [-0.2, -0.15) is 0 Å². The van der Waals surface area contributed by atoms with Crippen LogP contribution < -0.4 is 0 Å². The Bertz CT molecular complexity index is 433. The maximum absolute atomic E-state index is 4.51. The summed E-state index contributed by atoms with van der Waals surface area (Å²) < 4.78 is 0. The standard InChI is InChI=1S/C12H14N2/c1-3-6-9(2)12-13-10-7-4-5-8-11(10)14-12/h4-8H,3H2,1-2H3,(H,13,14)/b9-6+. The first-order valence-electron chi connectivity index (χ1n) is 4.93. The second kappa shape index (κ2) is 3.66. The molecule has 2 rings (SSSR count). The Morgan fingerprint density at radius 1 is 1.43 bits per heavy atom. The lowest BCUT2D eigenvalue weighted by molar-refractivity contribution is 1.19. The van der Waals surface area contributed by atoms with Crippen molar-refractivity contribution in [1.29, 1.82) is 0 Å². The molecule has 0 atom stereocenters. The second-order valence-electron chi connectivity index (χ2n) is 3.40. The molecule has 0 fully saturated rings. The van der Waals surface area contributed by atoms with Crippen LogP contribution in [-0.4, -0.2) is 9.97 Å². The Labute approximate surface area is 83.7 Å². The van der Waals surface area contributed by atoms with Gasteiger partial charge in [-0.05, 0) is 31.1 Å². The minimum absolute atomic E-state index is 0.980. The fourth-order valence-electron chi connectivity index (χ4n) is 1.54. The van der Waals surface area contributed by atoms with E-state index in [1.165, 1.54) is 5.57 Å². The smallest absolute Gasteiger partial charge is 0.133 e. The van der Waals surface area contributed by atoms with Crippen LogP contribution in [0.4, 0.5) is 0 Å². The summed E-state index contributed by atoms with van der Waals surface area (Å²) in [6.07, 6.45) is 3.22. The van der Waals surface area contributed by atoms with E-state index < -0.39 is 0 Å². The minimum Gasteiger partial charge on any atom is -0.338 e. The predicted molar refractivity (Wildman–Crippen MR) is 60.0 cm³/mol. The molecule has 0 aliphatic rings. The van der Waals surface area contributed by atoms with Crippen molar-refractivity contribution in [1.82, 2.24) is 9.97 Å². The molecule has 2 nitrogen and oxygen atoms in total. The van der Waals surface area contributed by atoms with Crippen LogP contribution in [0, 0.1) is 0 Å². The second-order valence-corrected chi connectivity index (χ2v) is 3.40. The van der Waals surface area contributed by atoms with E-state index in [1.807, 2.05) is 24.3 Å². The number of fused-ring (bicyclic) bond motifs is 1. The normalized spacial score (nSPS) is 12.3. The molecule has 0 saturated heterocycles. The van der Waals surface area contributed by atoms with E-state index in [1.54, 1.807) is 0 Å². The molecule has 1 N–H and O–H groups in total. The number of imidazole rings is 1. The zero-order chi connectivity index (χ0) is 9.97. The summed E-state index contributed by atoms with van der Waals surface area (Å²) in [5.41, 5.74) is 3.35. The molecule has 1 aromatic carbocycles. The highest BCUT2D eigenvalue weighted by Gasteiger charge is 2.02. The minimum atomic E-state index is 0.980. The van der Waals surface area contributed by atoms with Crippen molar-refractivity contribution in [3.8, 4) is 0 Å². The van der Waals surface area contributed by atoms with Gasteiger partial charge >= 0.3 is 0 Å². The van der Waals surface area contributed by atoms with Crippen LogP contribution in [0.25, 0.3) is 16.6 Å². The maximum Gasteiger partial charge on any atom is 0.133 e. The number of hydrogen-bond donors (Lipinski definition) is 1. The molecular formula is C12H14N2. The van der Waals surface area contributed by atoms with E-state index in [2.05, 4.69) is 29.9 Å². The highest BCUT2D eigenvalue weighted by molar-refractivity contribution is 5.78. The number of benzene rings is 1. The SMILES string of the molecule is CC/C=C(\C)c1nc2ccccc2[nH]1. The third kappa shape index (κ3) is 1.55. The molecule has 0 aliphatic heterocycles. The number of allylic oxidation sites excluding steroid dienone is 2. The molecule has 0 amide bonds. The molecule has 0 unspecified atom stereocenters. The summed E-state index contributed by atoms with van der Waals surface area (Å²) >= 11 is 0. The maximum atomic E-state index is 4.51. The first-order chi connectivity index (χ1) is 6.81. The fourth-order valence-corrected chi connectivity index (χ4v) is 1.54. The van der Waals surface area contributed by atoms with E-state index in [0.717, 1.165) is 23.3 Å². The Hall–Kier alpha value is -1.57. The molecular weight excluding hydrogens is 172 g/mol. The Kier molecular flexibility index (Phi) is 2.35. The van der Waals surface area contributed by atoms with Crippen LogP contribution in [-0.2, 0) is 0 Å². The van der Waals surface area contributed by atoms with E-state index in [4.69, 9.17) is 0 Å². The first-order valence-corrected chi connectivity index (χ1v) is 4.93. The monoisotopic (exact) mass is 186 g/mol. The van der Waals surface area contributed by atoms with Crippen LogP contribution in [0.3, 0.4) is 0 Å². The van der Waals surface area contributed by atoms with Crippen molar-refractivity contribution in [2.75, 3.05) is 0 Å². The average molecular weight is 186 g/mol. The van der Waals surface area contributed by atoms with Crippen LogP contribution >= 0.6 is 0 Å². The lowest BCUT2D eigenvalue weighted by Gasteiger charge is -1.92. The molecule has 0 saturated carbocycles. The largest absolute Gasteiger partial charge is 0.338 e. The van der Waals surface area contributed by atoms with Crippen molar-refractivity contribution in [2.24, 2.45) is 0 Å². The lowest BCUT2D eigenvalue weighted by atomic mass is 10.2. The molecule has 0 spiro atoms. The van der Waals surface area contributed by atoms with Gasteiger partial charge in [-0.15, -0.1) is 0 Å². The van der Waals surface area contributed by atoms with Crippen molar-refractivity contribution < 1.29 is 0 Å². The molecule has 2 heteroatoms. The van der Waals surface area contributed by atoms with Crippen LogP contribution in [0.1, 0.15) is 26.1 Å². The number of nitrogens with one attached hydrogen (secondary N) is 1. The predicted octanol–water partition coefficient (Wildman–Crippen LogP) is 3.38. The van der Waals surface area contributed by atoms with Gasteiger partial charge in [0.15, 0.2) is 0 Å². The van der Waals surface area contributed by atoms with Gasteiger partial charge in [-0.1, -0.05) is 25.1 Å². The Balaban J connectivity index is 2.50. The van der Waals surface area contributed by atoms with Gasteiger partial charge in [-0.3, -0.25) is 0 Å². The third-order valence-electron chi connectivity index (χ3n) is 2.27. The average Bonchev–Trinajstić information content (AvgIpc) is 2.61. The molecule has 2 aromatic rings. The number of aromatic nitrogens is 2. The van der Waals surface area contributed by atoms with Crippen molar-refractivity contribution in [3.63, 3.8) is 0 Å². The number of H-pyrrole nitrogens is 1. The molecule has 0 radical (unpaired) electrons. The number of rotatable bonds is 2. The summed E-state index contributed by atoms with van der Waals surface area (Å²) in [6, 6.07) is 8.09. The van der Waals surface area contributed by atoms with E-state index in [-0.39, 0.29) is 0 Å². The summed E-state index contributed by atoms with van der Waals surface area (Å²) in [5.74, 6) is 0.980. The summed E-state index contributed by atoms with van der Waals surface area (Å²) in [4.78, 5) is 7.81. The number of aromatic amines is 1. The van der Waals surface area contributed by atoms with Gasteiger partial charge in [0, 0.05) is 0 Å². The van der Waals surface area contributed by atoms with Gasteiger partial charge in [0.2, 0.25) is 0 Å². The number of nitrogens with zero attached hydrogens (tertiary/aromatic N) is 1. The van der Waals surface area contributed by atoms with Gasteiger partial charge in [-0.25, -0.2) is 4.98 Å². The quantitative estimate of drug-likeness (QED) is 0.765. The van der Waals surface area contributed by atoms with Gasteiger partial charge in [0.25, 0.3) is 0 Å². The number of para-hydroxylation sites is 2. The van der Waals surface area contributed by atoms with Crippen molar-refractivity contribution >= 4 is 16.6 Å². The van der Waals surface area contributed by atoms with Crippen LogP contribution in [0.15, 0.2) is 30.3 Å². The van der Waals surface area contributed by atoms with Gasteiger partial charge in [0.05, 0.1) is 11.0 Å². The van der Waals surface area contributed by atoms with Gasteiger partial charge < -0.3 is 4.98 Å². The molecule has 0 aliphatic carbocycles. The number of hydrogen-bond acceptors (Lipinski definition) is 1. The highest BCUT2D eigenvalue weighted by Crippen LogP contribution is 2.16. The molecule has 72 valence electrons. The first kappa shape index (κ1) is 9.00. The van der Waals surface area contributed by atoms with Crippen molar-refractivity contribution in [3.05, 3.63) is 36.2 Å². The zero-order valence-corrected chi connectivity index (χ0v) is 8.54. The topological polar surface area (TPSA) is 28.7 Å². The summed E-state index contributed by atoms with van der Waals surface area (Å²) in [7, 11) is 0. The van der Waals surface area contributed by atoms with Crippen LogP contribution in [0.5, 0.6) is 0 Å². The molecule has 1 heterocycles. The summed E-state index contributed by atoms with van der Waals surface area (Å²) in [6.45, 7) is 4.22. The van der Waals surface area contributed by atoms with E-state index >= 15 is 0 Å².